The number of nitrogens with one attached hydrogen (secondary N) is 1. The number of hydrogen-bond acceptors (Lipinski definition) is 9. The number of anilines is 1. The Hall–Kier alpha value is -1.77. The van der Waals surface area contributed by atoms with Crippen molar-refractivity contribution in [2.75, 3.05) is 17.9 Å². The van der Waals surface area contributed by atoms with Gasteiger partial charge in [0.05, 0.1) is 29.5 Å². The Bertz CT molecular complexity index is 966. The summed E-state index contributed by atoms with van der Waals surface area (Å²) in [7, 11) is -4.24. The van der Waals surface area contributed by atoms with Crippen molar-refractivity contribution in [3.63, 3.8) is 0 Å². The molecular weight excluding hydrogens is 470 g/mol. The molecule has 32 heavy (non-hydrogen) atoms. The van der Waals surface area contributed by atoms with E-state index in [4.69, 9.17) is 21.1 Å². The molecule has 13 heteroatoms. The number of hydrogen-bond donors (Lipinski definition) is 6. The monoisotopic (exact) mass is 493 g/mol. The standard InChI is InChI=1S/C19H24ClNO10S/c20-11-3-1-2-4-12(11)21-32(28,29)15-5-6-19(7-10(15)18(26)27)30-16(13(24)8-22)17(31-19)14(25)9-23/h1-4,7,13-17,21-25H,5-6,8-9H2,(H,26,27). The predicted octanol–water partition coefficient (Wildman–Crippen LogP) is -0.558. The van der Waals surface area contributed by atoms with Crippen LogP contribution in [-0.4, -0.2) is 88.6 Å². The smallest absolute Gasteiger partial charge is 0.332 e. The number of ether oxygens (including phenoxy) is 2. The number of aliphatic carboxylic acids is 1. The fourth-order valence-corrected chi connectivity index (χ4v) is 5.59. The molecule has 1 aliphatic heterocycles. The molecule has 1 heterocycles. The maximum atomic E-state index is 13.0. The third-order valence-corrected chi connectivity index (χ3v) is 7.43. The van der Waals surface area contributed by atoms with E-state index < -0.39 is 70.2 Å². The van der Waals surface area contributed by atoms with Gasteiger partial charge in [0.2, 0.25) is 10.0 Å². The highest BCUT2D eigenvalue weighted by Crippen LogP contribution is 2.42. The van der Waals surface area contributed by atoms with Crippen LogP contribution in [0.15, 0.2) is 35.9 Å². The Morgan fingerprint density at radius 2 is 1.72 bits per heavy atom. The SMILES string of the molecule is O=C(O)C1=CC2(CCC1S(=O)(=O)Nc1ccccc1Cl)OC(C(O)CO)C(C(O)CO)O2. The molecule has 1 aromatic carbocycles. The van der Waals surface area contributed by atoms with Crippen LogP contribution in [0.5, 0.6) is 0 Å². The zero-order valence-electron chi connectivity index (χ0n) is 16.7. The molecular formula is C19H24ClNO10S. The normalized spacial score (nSPS) is 30.0. The summed E-state index contributed by atoms with van der Waals surface area (Å²) in [6, 6.07) is 6.07. The Morgan fingerprint density at radius 1 is 1.16 bits per heavy atom. The molecule has 1 aromatic rings. The summed E-state index contributed by atoms with van der Waals surface area (Å²) >= 11 is 6.00. The van der Waals surface area contributed by atoms with E-state index in [-0.39, 0.29) is 23.6 Å². The van der Waals surface area contributed by atoms with Gasteiger partial charge >= 0.3 is 5.97 Å². The zero-order valence-corrected chi connectivity index (χ0v) is 18.2. The molecule has 11 nitrogen and oxygen atoms in total. The van der Waals surface area contributed by atoms with Gasteiger partial charge < -0.3 is 35.0 Å². The number of para-hydroxylation sites is 1. The van der Waals surface area contributed by atoms with Crippen LogP contribution in [0, 0.1) is 0 Å². The lowest BCUT2D eigenvalue weighted by Gasteiger charge is -2.33. The van der Waals surface area contributed by atoms with Crippen LogP contribution < -0.4 is 4.72 Å². The summed E-state index contributed by atoms with van der Waals surface area (Å²) in [5.41, 5.74) is -0.447. The first-order chi connectivity index (χ1) is 15.0. The van der Waals surface area contributed by atoms with Crippen LogP contribution in [-0.2, 0) is 24.3 Å². The van der Waals surface area contributed by atoms with Crippen LogP contribution in [0.1, 0.15) is 12.8 Å². The van der Waals surface area contributed by atoms with E-state index in [2.05, 4.69) is 4.72 Å². The largest absolute Gasteiger partial charge is 0.478 e. The highest BCUT2D eigenvalue weighted by atomic mass is 35.5. The number of benzene rings is 1. The summed E-state index contributed by atoms with van der Waals surface area (Å²) in [6.45, 7) is -1.49. The molecule has 0 bridgehead atoms. The molecule has 0 radical (unpaired) electrons. The first kappa shape index (κ1) is 24.9. The molecule has 5 atom stereocenters. The van der Waals surface area contributed by atoms with Gasteiger partial charge in [-0.3, -0.25) is 4.72 Å². The minimum absolute atomic E-state index is 0.0878. The number of carboxylic acids is 1. The minimum Gasteiger partial charge on any atom is -0.478 e. The zero-order chi connectivity index (χ0) is 23.7. The first-order valence-corrected chi connectivity index (χ1v) is 11.6. The van der Waals surface area contributed by atoms with Crippen LogP contribution in [0.3, 0.4) is 0 Å². The molecule has 0 amide bonds. The van der Waals surface area contributed by atoms with Crippen molar-refractivity contribution in [3.05, 3.63) is 40.9 Å². The van der Waals surface area contributed by atoms with Gasteiger partial charge in [0, 0.05) is 6.42 Å². The fraction of sp³-hybridized carbons (Fsp3) is 0.526. The van der Waals surface area contributed by atoms with Gasteiger partial charge in [0.25, 0.3) is 0 Å². The summed E-state index contributed by atoms with van der Waals surface area (Å²) in [5.74, 6) is -3.30. The molecule has 6 N–H and O–H groups in total. The number of carbonyl (C=O) groups is 1. The van der Waals surface area contributed by atoms with Crippen LogP contribution in [0.2, 0.25) is 5.02 Å². The van der Waals surface area contributed by atoms with Gasteiger partial charge in [-0.25, -0.2) is 13.2 Å². The summed E-state index contributed by atoms with van der Waals surface area (Å²) in [6.07, 6.45) is -4.96. The second-order valence-corrected chi connectivity index (χ2v) is 9.81. The van der Waals surface area contributed by atoms with Gasteiger partial charge in [-0.2, -0.15) is 0 Å². The average Bonchev–Trinajstić information content (AvgIpc) is 3.12. The Kier molecular flexibility index (Phi) is 7.47. The maximum absolute atomic E-state index is 13.0. The van der Waals surface area contributed by atoms with Gasteiger partial charge in [0.1, 0.15) is 29.7 Å². The lowest BCUT2D eigenvalue weighted by atomic mass is 9.94. The van der Waals surface area contributed by atoms with Gasteiger partial charge in [-0.1, -0.05) is 23.7 Å². The van der Waals surface area contributed by atoms with Gasteiger partial charge in [0.15, 0.2) is 5.79 Å². The molecule has 0 aromatic heterocycles. The van der Waals surface area contributed by atoms with Gasteiger partial charge in [-0.15, -0.1) is 0 Å². The van der Waals surface area contributed by atoms with E-state index in [1.165, 1.54) is 12.1 Å². The summed E-state index contributed by atoms with van der Waals surface area (Å²) in [5, 5.41) is 47.0. The number of aliphatic hydroxyl groups is 4. The van der Waals surface area contributed by atoms with Crippen LogP contribution in [0.4, 0.5) is 5.69 Å². The Morgan fingerprint density at radius 3 is 2.22 bits per heavy atom. The molecule has 5 unspecified atom stereocenters. The molecule has 0 saturated carbocycles. The summed E-state index contributed by atoms with van der Waals surface area (Å²) < 4.78 is 39.6. The quantitative estimate of drug-likeness (QED) is 0.274. The van der Waals surface area contributed by atoms with Crippen LogP contribution >= 0.6 is 11.6 Å². The van der Waals surface area contributed by atoms with E-state index >= 15 is 0 Å². The number of halogens is 1. The molecule has 1 fully saturated rings. The molecule has 1 spiro atoms. The van der Waals surface area contributed by atoms with Gasteiger partial charge in [-0.05, 0) is 24.6 Å². The third kappa shape index (κ3) is 4.92. The van der Waals surface area contributed by atoms with Crippen molar-refractivity contribution in [1.29, 1.82) is 0 Å². The predicted molar refractivity (Wildman–Crippen MR) is 111 cm³/mol. The van der Waals surface area contributed by atoms with E-state index in [1.807, 2.05) is 0 Å². The Labute approximate surface area is 188 Å². The van der Waals surface area contributed by atoms with Crippen molar-refractivity contribution in [2.45, 2.75) is 48.3 Å². The number of carboxylic acid groups (broad SMARTS) is 1. The Balaban J connectivity index is 1.94. The van der Waals surface area contributed by atoms with E-state index in [0.29, 0.717) is 0 Å². The number of rotatable bonds is 8. The van der Waals surface area contributed by atoms with Crippen molar-refractivity contribution >= 4 is 33.3 Å². The van der Waals surface area contributed by atoms with E-state index in [1.54, 1.807) is 12.1 Å². The maximum Gasteiger partial charge on any atom is 0.332 e. The number of sulfonamides is 1. The average molecular weight is 494 g/mol. The lowest BCUT2D eigenvalue weighted by Crippen LogP contribution is -2.45. The molecule has 178 valence electrons. The first-order valence-electron chi connectivity index (χ1n) is 9.69. The second kappa shape index (κ2) is 9.61. The molecule has 1 aliphatic carbocycles. The highest BCUT2D eigenvalue weighted by molar-refractivity contribution is 7.93. The number of aliphatic hydroxyl groups excluding tert-OH is 4. The topological polar surface area (TPSA) is 183 Å². The minimum atomic E-state index is -4.24. The van der Waals surface area contributed by atoms with E-state index in [9.17, 15) is 38.7 Å². The molecule has 1 saturated heterocycles. The fourth-order valence-electron chi connectivity index (χ4n) is 3.79. The molecule has 2 aliphatic rings. The summed E-state index contributed by atoms with van der Waals surface area (Å²) in [4.78, 5) is 11.9. The third-order valence-electron chi connectivity index (χ3n) is 5.35. The van der Waals surface area contributed by atoms with Crippen molar-refractivity contribution in [3.8, 4) is 0 Å². The molecule has 3 rings (SSSR count). The highest BCUT2D eigenvalue weighted by Gasteiger charge is 2.54. The van der Waals surface area contributed by atoms with Crippen molar-refractivity contribution in [2.24, 2.45) is 0 Å². The van der Waals surface area contributed by atoms with Crippen molar-refractivity contribution < 1.29 is 48.2 Å². The van der Waals surface area contributed by atoms with Crippen LogP contribution in [0.25, 0.3) is 0 Å². The van der Waals surface area contributed by atoms with E-state index in [0.717, 1.165) is 6.08 Å². The second-order valence-electron chi connectivity index (χ2n) is 7.54. The van der Waals surface area contributed by atoms with Crippen molar-refractivity contribution in [1.82, 2.24) is 0 Å². The lowest BCUT2D eigenvalue weighted by molar-refractivity contribution is -0.163.